The largest absolute Gasteiger partial charge is 0.324 e. The number of fused-ring (bicyclic) bond motifs is 1. The van der Waals surface area contributed by atoms with Crippen LogP contribution in [-0.4, -0.2) is 22.8 Å². The van der Waals surface area contributed by atoms with Crippen molar-refractivity contribution in [2.75, 3.05) is 5.32 Å². The molecule has 2 amide bonds. The number of anilines is 1. The maximum absolute atomic E-state index is 12.5. The molecule has 3 rings (SSSR count). The summed E-state index contributed by atoms with van der Waals surface area (Å²) in [6, 6.07) is 13.9. The Balaban J connectivity index is 1.81. The molecule has 2 aromatic rings. The number of halogens is 1. The molecule has 0 aromatic heterocycles. The van der Waals surface area contributed by atoms with E-state index >= 15 is 0 Å². The fraction of sp³-hybridized carbons (Fsp3) is 0.111. The number of carbonyl (C=O) groups is 2. The van der Waals surface area contributed by atoms with Crippen molar-refractivity contribution >= 4 is 39.1 Å². The molecule has 4 nitrogen and oxygen atoms in total. The monoisotopic (exact) mass is 370 g/mol. The molecule has 2 aromatic carbocycles. The summed E-state index contributed by atoms with van der Waals surface area (Å²) in [6.45, 7) is 5.67. The highest BCUT2D eigenvalue weighted by Crippen LogP contribution is 2.33. The molecule has 1 atom stereocenters. The van der Waals surface area contributed by atoms with Crippen molar-refractivity contribution in [3.63, 3.8) is 0 Å². The molecule has 5 heteroatoms. The van der Waals surface area contributed by atoms with Gasteiger partial charge in [0, 0.05) is 27.0 Å². The molecule has 0 fully saturated rings. The highest BCUT2D eigenvalue weighted by molar-refractivity contribution is 9.10. The lowest BCUT2D eigenvalue weighted by molar-refractivity contribution is -0.119. The van der Waals surface area contributed by atoms with Crippen LogP contribution in [0.2, 0.25) is 0 Å². The van der Waals surface area contributed by atoms with Gasteiger partial charge in [-0.3, -0.25) is 14.5 Å². The van der Waals surface area contributed by atoms with Crippen LogP contribution in [0.3, 0.4) is 0 Å². The fourth-order valence-corrected chi connectivity index (χ4v) is 3.04. The zero-order valence-electron chi connectivity index (χ0n) is 12.5. The number of hydrogen-bond acceptors (Lipinski definition) is 2. The number of hydrogen-bond donors (Lipinski definition) is 1. The Morgan fingerprint density at radius 1 is 1.17 bits per heavy atom. The highest BCUT2D eigenvalue weighted by atomic mass is 79.9. The average Bonchev–Trinajstić information content (AvgIpc) is 2.79. The van der Waals surface area contributed by atoms with Crippen LogP contribution < -0.4 is 5.32 Å². The lowest BCUT2D eigenvalue weighted by Gasteiger charge is -2.24. The van der Waals surface area contributed by atoms with Crippen molar-refractivity contribution in [2.45, 2.75) is 13.0 Å². The van der Waals surface area contributed by atoms with Gasteiger partial charge in [-0.1, -0.05) is 46.8 Å². The van der Waals surface area contributed by atoms with E-state index in [1.54, 1.807) is 31.2 Å². The Morgan fingerprint density at radius 3 is 2.52 bits per heavy atom. The molecule has 1 aliphatic rings. The standard InChI is InChI=1S/C18H15BrN2O2/c1-11-15-8-3-4-9-16(15)18(23)21(11)12(2)17(22)20-14-7-5-6-13(19)10-14/h3-10,12H,1H2,2H3,(H,20,22)/t12-/m1/s1. The summed E-state index contributed by atoms with van der Waals surface area (Å²) in [6.07, 6.45) is 0. The topological polar surface area (TPSA) is 49.4 Å². The van der Waals surface area contributed by atoms with Crippen molar-refractivity contribution in [2.24, 2.45) is 0 Å². The Labute approximate surface area is 142 Å². The third-order valence-electron chi connectivity index (χ3n) is 3.84. The first-order valence-electron chi connectivity index (χ1n) is 7.17. The van der Waals surface area contributed by atoms with Gasteiger partial charge >= 0.3 is 0 Å². The first kappa shape index (κ1) is 15.5. The van der Waals surface area contributed by atoms with Gasteiger partial charge in [0.25, 0.3) is 5.91 Å². The summed E-state index contributed by atoms with van der Waals surface area (Å²) in [5.41, 5.74) is 2.59. The van der Waals surface area contributed by atoms with E-state index < -0.39 is 6.04 Å². The van der Waals surface area contributed by atoms with E-state index in [1.807, 2.05) is 24.3 Å². The Morgan fingerprint density at radius 2 is 1.87 bits per heavy atom. The minimum Gasteiger partial charge on any atom is -0.324 e. The quantitative estimate of drug-likeness (QED) is 0.890. The summed E-state index contributed by atoms with van der Waals surface area (Å²) in [7, 11) is 0. The third kappa shape index (κ3) is 2.80. The van der Waals surface area contributed by atoms with Gasteiger partial charge in [-0.05, 0) is 31.2 Å². The fourth-order valence-electron chi connectivity index (χ4n) is 2.64. The van der Waals surface area contributed by atoms with E-state index in [4.69, 9.17) is 0 Å². The smallest absolute Gasteiger partial charge is 0.259 e. The molecule has 23 heavy (non-hydrogen) atoms. The third-order valence-corrected chi connectivity index (χ3v) is 4.33. The zero-order valence-corrected chi connectivity index (χ0v) is 14.1. The summed E-state index contributed by atoms with van der Waals surface area (Å²) in [4.78, 5) is 26.5. The average molecular weight is 371 g/mol. The maximum atomic E-state index is 12.5. The highest BCUT2D eigenvalue weighted by Gasteiger charge is 2.36. The molecule has 0 bridgehead atoms. The van der Waals surface area contributed by atoms with E-state index in [0.717, 1.165) is 10.0 Å². The number of carbonyl (C=O) groups excluding carboxylic acids is 2. The molecule has 0 saturated heterocycles. The molecule has 1 N–H and O–H groups in total. The lowest BCUT2D eigenvalue weighted by atomic mass is 10.1. The van der Waals surface area contributed by atoms with Crippen LogP contribution in [-0.2, 0) is 4.79 Å². The van der Waals surface area contributed by atoms with Crippen molar-refractivity contribution in [3.05, 3.63) is 70.7 Å². The maximum Gasteiger partial charge on any atom is 0.259 e. The van der Waals surface area contributed by atoms with Gasteiger partial charge < -0.3 is 5.32 Å². The van der Waals surface area contributed by atoms with Crippen LogP contribution >= 0.6 is 15.9 Å². The van der Waals surface area contributed by atoms with Crippen molar-refractivity contribution in [1.82, 2.24) is 4.90 Å². The molecule has 1 aliphatic heterocycles. The molecule has 1 heterocycles. The minimum absolute atomic E-state index is 0.192. The minimum atomic E-state index is -0.651. The normalized spacial score (nSPS) is 14.6. The number of benzene rings is 2. The van der Waals surface area contributed by atoms with E-state index in [2.05, 4.69) is 27.8 Å². The number of amides is 2. The van der Waals surface area contributed by atoms with Gasteiger partial charge in [0.1, 0.15) is 6.04 Å². The molecule has 0 aliphatic carbocycles. The van der Waals surface area contributed by atoms with Crippen LogP contribution in [0.15, 0.2) is 59.6 Å². The van der Waals surface area contributed by atoms with Crippen LogP contribution in [0.25, 0.3) is 5.70 Å². The van der Waals surface area contributed by atoms with Gasteiger partial charge in [-0.2, -0.15) is 0 Å². The van der Waals surface area contributed by atoms with E-state index in [-0.39, 0.29) is 11.8 Å². The number of nitrogens with one attached hydrogen (secondary N) is 1. The molecule has 0 radical (unpaired) electrons. The number of rotatable bonds is 3. The van der Waals surface area contributed by atoms with Gasteiger partial charge in [-0.15, -0.1) is 0 Å². The van der Waals surface area contributed by atoms with Gasteiger partial charge in [0.2, 0.25) is 5.91 Å². The van der Waals surface area contributed by atoms with E-state index in [1.165, 1.54) is 4.90 Å². The van der Waals surface area contributed by atoms with E-state index in [9.17, 15) is 9.59 Å². The second-order valence-electron chi connectivity index (χ2n) is 5.34. The second-order valence-corrected chi connectivity index (χ2v) is 6.26. The SMILES string of the molecule is C=C1c2ccccc2C(=O)N1[C@H](C)C(=O)Nc1cccc(Br)c1. The summed E-state index contributed by atoms with van der Waals surface area (Å²) < 4.78 is 0.872. The second kappa shape index (κ2) is 6.01. The number of nitrogens with zero attached hydrogens (tertiary/aromatic N) is 1. The van der Waals surface area contributed by atoms with E-state index in [0.29, 0.717) is 16.9 Å². The van der Waals surface area contributed by atoms with Crippen molar-refractivity contribution in [3.8, 4) is 0 Å². The van der Waals surface area contributed by atoms with Crippen molar-refractivity contribution < 1.29 is 9.59 Å². The van der Waals surface area contributed by atoms with Crippen molar-refractivity contribution in [1.29, 1.82) is 0 Å². The van der Waals surface area contributed by atoms with Crippen LogP contribution in [0.5, 0.6) is 0 Å². The molecule has 116 valence electrons. The van der Waals surface area contributed by atoms with Crippen LogP contribution in [0, 0.1) is 0 Å². The van der Waals surface area contributed by atoms with Crippen LogP contribution in [0.4, 0.5) is 5.69 Å². The predicted octanol–water partition coefficient (Wildman–Crippen LogP) is 3.90. The lowest BCUT2D eigenvalue weighted by Crippen LogP contribution is -2.41. The van der Waals surface area contributed by atoms with Crippen LogP contribution in [0.1, 0.15) is 22.8 Å². The molecule has 0 unspecified atom stereocenters. The van der Waals surface area contributed by atoms with Gasteiger partial charge in [0.15, 0.2) is 0 Å². The first-order chi connectivity index (χ1) is 11.0. The molecule has 0 saturated carbocycles. The Bertz CT molecular complexity index is 781. The predicted molar refractivity (Wildman–Crippen MR) is 93.9 cm³/mol. The first-order valence-corrected chi connectivity index (χ1v) is 7.96. The zero-order chi connectivity index (χ0) is 16.6. The van der Waals surface area contributed by atoms with Gasteiger partial charge in [-0.25, -0.2) is 0 Å². The molecular weight excluding hydrogens is 356 g/mol. The Kier molecular flexibility index (Phi) is 4.05. The summed E-state index contributed by atoms with van der Waals surface area (Å²) in [5.74, 6) is -0.451. The Hall–Kier alpha value is -2.40. The molecular formula is C18H15BrN2O2. The summed E-state index contributed by atoms with van der Waals surface area (Å²) >= 11 is 3.36. The summed E-state index contributed by atoms with van der Waals surface area (Å²) in [5, 5.41) is 2.82. The van der Waals surface area contributed by atoms with Gasteiger partial charge in [0.05, 0.1) is 0 Å². The molecule has 0 spiro atoms.